The molecule has 0 aliphatic carbocycles. The number of hydrogen-bond acceptors (Lipinski definition) is 4. The van der Waals surface area contributed by atoms with Gasteiger partial charge in [0.25, 0.3) is 0 Å². The first-order valence-corrected chi connectivity index (χ1v) is 4.58. The molecule has 0 aromatic carbocycles. The molecule has 5 N–H and O–H groups in total. The minimum absolute atomic E-state index is 0. The summed E-state index contributed by atoms with van der Waals surface area (Å²) < 4.78 is 13.8. The number of likely N-dealkylation sites (N-methyl/N-ethyl adjacent to an activating group) is 1. The van der Waals surface area contributed by atoms with Gasteiger partial charge in [0, 0.05) is 7.05 Å². The number of nitrogens with one attached hydrogen (secondary N) is 1. The molecular formula is C4H13MgN3NaO5P. The summed E-state index contributed by atoms with van der Waals surface area (Å²) in [6.07, 6.45) is 0. The van der Waals surface area contributed by atoms with E-state index in [1.54, 1.807) is 0 Å². The number of hydrogen-bond donors (Lipinski definition) is 4. The molecule has 0 spiro atoms. The Morgan fingerprint density at radius 3 is 2.33 bits per heavy atom. The van der Waals surface area contributed by atoms with Crippen LogP contribution in [0.4, 0.5) is 0 Å². The van der Waals surface area contributed by atoms with Gasteiger partial charge in [-0.05, 0) is 0 Å². The topological polar surface area (TPSA) is 137 Å². The van der Waals surface area contributed by atoms with Crippen LogP contribution >= 0.6 is 7.82 Å². The Kier molecular flexibility index (Phi) is 12.3. The number of carbonyl (C=O) groups is 1. The zero-order valence-electron chi connectivity index (χ0n) is 11.5. The molecule has 0 unspecified atom stereocenters. The van der Waals surface area contributed by atoms with E-state index in [2.05, 4.69) is 4.52 Å². The van der Waals surface area contributed by atoms with Crippen LogP contribution in [0, 0.1) is 5.41 Å². The molecule has 0 amide bonds. The largest absolute Gasteiger partial charge is 2.00 e. The predicted molar refractivity (Wildman–Crippen MR) is 51.8 cm³/mol. The number of rotatable bonds is 3. The van der Waals surface area contributed by atoms with Crippen molar-refractivity contribution in [3.05, 3.63) is 0 Å². The van der Waals surface area contributed by atoms with Crippen molar-refractivity contribution in [1.82, 2.24) is 4.90 Å². The van der Waals surface area contributed by atoms with Gasteiger partial charge in [-0.25, -0.2) is 9.36 Å². The van der Waals surface area contributed by atoms with Gasteiger partial charge in [0.2, 0.25) is 0 Å². The second-order valence-corrected chi connectivity index (χ2v) is 3.36. The minimum atomic E-state index is -4.80. The van der Waals surface area contributed by atoms with Gasteiger partial charge >= 0.3 is 66.4 Å². The van der Waals surface area contributed by atoms with Crippen LogP contribution in [-0.2, 0) is 13.9 Å². The smallest absolute Gasteiger partial charge is 1.00 e. The fourth-order valence-corrected chi connectivity index (χ4v) is 0.763. The van der Waals surface area contributed by atoms with Crippen LogP contribution in [-0.4, -0.2) is 63.3 Å². The van der Waals surface area contributed by atoms with Crippen LogP contribution < -0.4 is 35.3 Å². The SMILES string of the molecule is CN(CC(=O)OP(=O)(O)O)C(=N)N.[H-].[H-].[H-].[Mg+2].[Na+]. The van der Waals surface area contributed by atoms with Crippen molar-refractivity contribution in [2.75, 3.05) is 13.6 Å². The molecule has 0 aromatic rings. The Morgan fingerprint density at radius 1 is 1.67 bits per heavy atom. The Hall–Kier alpha value is 0.656. The molecule has 0 saturated heterocycles. The minimum Gasteiger partial charge on any atom is -1.00 e. The third-order valence-electron chi connectivity index (χ3n) is 0.998. The number of guanidine groups is 1. The zero-order chi connectivity index (χ0) is 10.6. The summed E-state index contributed by atoms with van der Waals surface area (Å²) >= 11 is 0. The third-order valence-corrected chi connectivity index (χ3v) is 1.44. The van der Waals surface area contributed by atoms with Gasteiger partial charge in [0.15, 0.2) is 5.96 Å². The predicted octanol–water partition coefficient (Wildman–Crippen LogP) is -4.59. The number of phosphoric ester groups is 1. The van der Waals surface area contributed by atoms with Gasteiger partial charge in [0.1, 0.15) is 6.54 Å². The van der Waals surface area contributed by atoms with Gasteiger partial charge < -0.3 is 19.4 Å². The van der Waals surface area contributed by atoms with Crippen LogP contribution in [0.3, 0.4) is 0 Å². The Balaban J connectivity index is -0.0000000720. The quantitative estimate of drug-likeness (QED) is 0.174. The average molecular weight is 261 g/mol. The summed E-state index contributed by atoms with van der Waals surface area (Å²) in [6, 6.07) is 0. The molecule has 0 rings (SSSR count). The maximum absolute atomic E-state index is 10.7. The van der Waals surface area contributed by atoms with Crippen molar-refractivity contribution in [2.45, 2.75) is 0 Å². The van der Waals surface area contributed by atoms with Crippen molar-refractivity contribution in [3.63, 3.8) is 0 Å². The fraction of sp³-hybridized carbons (Fsp3) is 0.500. The monoisotopic (exact) mass is 261 g/mol. The molecule has 82 valence electrons. The standard InChI is InChI=1S/C4H10N3O5P.Mg.Na.3H/c1-7(4(5)6)2-3(8)12-13(9,10)11;;;;;/h2H2,1H3,(H3,5,6)(H2,9,10,11);;;;;/q;+2;+1;3*-1. The molecule has 0 heterocycles. The number of phosphoric acid groups is 1. The number of nitrogens with zero attached hydrogens (tertiary/aromatic N) is 1. The normalized spacial score (nSPS) is 9.27. The second-order valence-electron chi connectivity index (χ2n) is 2.20. The molecule has 0 atom stereocenters. The molecule has 11 heteroatoms. The van der Waals surface area contributed by atoms with E-state index in [1.807, 2.05) is 0 Å². The van der Waals surface area contributed by atoms with Gasteiger partial charge in [-0.3, -0.25) is 15.2 Å². The van der Waals surface area contributed by atoms with E-state index >= 15 is 0 Å². The number of carbonyl (C=O) groups excluding carboxylic acids is 1. The van der Waals surface area contributed by atoms with Crippen LogP contribution in [0.25, 0.3) is 0 Å². The molecule has 0 fully saturated rings. The van der Waals surface area contributed by atoms with E-state index in [-0.39, 0.29) is 56.9 Å². The van der Waals surface area contributed by atoms with Gasteiger partial charge in [0.05, 0.1) is 0 Å². The van der Waals surface area contributed by atoms with Gasteiger partial charge in [-0.15, -0.1) is 0 Å². The Labute approximate surface area is 129 Å². The van der Waals surface area contributed by atoms with E-state index < -0.39 is 26.3 Å². The molecule has 0 aliphatic heterocycles. The maximum Gasteiger partial charge on any atom is 2.00 e. The summed E-state index contributed by atoms with van der Waals surface area (Å²) in [5.41, 5.74) is 4.96. The van der Waals surface area contributed by atoms with E-state index in [0.29, 0.717) is 0 Å². The second kappa shape index (κ2) is 8.77. The fourth-order valence-electron chi connectivity index (χ4n) is 0.440. The Morgan fingerprint density at radius 2 is 2.07 bits per heavy atom. The van der Waals surface area contributed by atoms with Crippen molar-refractivity contribution in [3.8, 4) is 0 Å². The van der Waals surface area contributed by atoms with Gasteiger partial charge in [-0.1, -0.05) is 0 Å². The molecule has 0 saturated carbocycles. The summed E-state index contributed by atoms with van der Waals surface area (Å²) in [5, 5.41) is 6.83. The molecule has 0 radical (unpaired) electrons. The summed E-state index contributed by atoms with van der Waals surface area (Å²) in [5.74, 6) is -1.55. The van der Waals surface area contributed by atoms with E-state index in [9.17, 15) is 9.36 Å². The first-order chi connectivity index (χ1) is 5.72. The van der Waals surface area contributed by atoms with Crippen LogP contribution in [0.2, 0.25) is 0 Å². The third kappa shape index (κ3) is 12.6. The Bertz CT molecular complexity index is 283. The molecule has 0 bridgehead atoms. The van der Waals surface area contributed by atoms with Crippen molar-refractivity contribution < 1.29 is 57.5 Å². The van der Waals surface area contributed by atoms with E-state index in [0.717, 1.165) is 4.90 Å². The molecule has 8 nitrogen and oxygen atoms in total. The first kappa shape index (κ1) is 21.0. The van der Waals surface area contributed by atoms with E-state index in [4.69, 9.17) is 20.9 Å². The van der Waals surface area contributed by atoms with Crippen LogP contribution in [0.5, 0.6) is 0 Å². The van der Waals surface area contributed by atoms with Gasteiger partial charge in [-0.2, -0.15) is 0 Å². The molecule has 0 aromatic heterocycles. The van der Waals surface area contributed by atoms with Crippen molar-refractivity contribution in [1.29, 1.82) is 5.41 Å². The number of nitrogens with two attached hydrogens (primary N) is 1. The van der Waals surface area contributed by atoms with Crippen LogP contribution in [0.15, 0.2) is 0 Å². The average Bonchev–Trinajstić information content (AvgIpc) is 1.81. The molecular weight excluding hydrogens is 248 g/mol. The van der Waals surface area contributed by atoms with Crippen LogP contribution in [0.1, 0.15) is 4.28 Å². The molecule has 15 heavy (non-hydrogen) atoms. The molecule has 0 aliphatic rings. The summed E-state index contributed by atoms with van der Waals surface area (Å²) in [7, 11) is -3.49. The zero-order valence-corrected chi connectivity index (χ0v) is 12.8. The van der Waals surface area contributed by atoms with Crippen molar-refractivity contribution >= 4 is 42.8 Å². The van der Waals surface area contributed by atoms with Crippen molar-refractivity contribution in [2.24, 2.45) is 5.73 Å². The van der Waals surface area contributed by atoms with E-state index in [1.165, 1.54) is 7.05 Å². The first-order valence-electron chi connectivity index (χ1n) is 3.05. The summed E-state index contributed by atoms with van der Waals surface area (Å²) in [6.45, 7) is -0.486. The maximum atomic E-state index is 10.7. The summed E-state index contributed by atoms with van der Waals surface area (Å²) in [4.78, 5) is 28.0.